The quantitative estimate of drug-likeness (QED) is 0.168. The number of para-hydroxylation sites is 2. The molecule has 0 saturated heterocycles. The Morgan fingerprint density at radius 2 is 0.841 bits per heavy atom. The van der Waals surface area contributed by atoms with E-state index in [4.69, 9.17) is 15.0 Å². The van der Waals surface area contributed by atoms with Crippen LogP contribution in [0.25, 0.3) is 120 Å². The molecule has 0 unspecified atom stereocenters. The lowest BCUT2D eigenvalue weighted by Crippen LogP contribution is -2.00. The van der Waals surface area contributed by atoms with Gasteiger partial charge in [0.05, 0.1) is 32.5 Å². The Morgan fingerprint density at radius 3 is 1.54 bits per heavy atom. The summed E-state index contributed by atoms with van der Waals surface area (Å²) < 4.78 is 7.42. The summed E-state index contributed by atoms with van der Waals surface area (Å²) in [6, 6.07) is 75.6. The molecule has 0 amide bonds. The number of hydrogen-bond acceptors (Lipinski definition) is 4. The van der Waals surface area contributed by atoms with Gasteiger partial charge in [-0.3, -0.25) is 0 Å². The molecular weight excluding hydrogens is 787 g/mol. The number of hydrogen-bond donors (Lipinski definition) is 0. The summed E-state index contributed by atoms with van der Waals surface area (Å²) in [6.07, 6.45) is 0. The summed E-state index contributed by atoms with van der Waals surface area (Å²) in [7, 11) is 0. The Kier molecular flexibility index (Phi) is 8.01. The maximum atomic E-state index is 5.11. The Labute approximate surface area is 366 Å². The van der Waals surface area contributed by atoms with Gasteiger partial charge in [0.2, 0.25) is 0 Å². The first-order valence-corrected chi connectivity index (χ1v) is 22.0. The van der Waals surface area contributed by atoms with Gasteiger partial charge in [0, 0.05) is 59.4 Å². The predicted octanol–water partition coefficient (Wildman–Crippen LogP) is 15.1. The highest BCUT2D eigenvalue weighted by Gasteiger charge is 2.23. The first kappa shape index (κ1) is 35.6. The zero-order valence-corrected chi connectivity index (χ0v) is 34.7. The summed E-state index contributed by atoms with van der Waals surface area (Å²) >= 11 is 1.87. The Hall–Kier alpha value is -8.19. The molecule has 0 fully saturated rings. The van der Waals surface area contributed by atoms with Crippen molar-refractivity contribution in [1.29, 1.82) is 0 Å². The van der Waals surface area contributed by atoms with E-state index in [0.717, 1.165) is 27.9 Å². The van der Waals surface area contributed by atoms with Crippen LogP contribution in [-0.2, 0) is 0 Å². The molecule has 0 aliphatic heterocycles. The Morgan fingerprint density at radius 1 is 0.333 bits per heavy atom. The van der Waals surface area contributed by atoms with E-state index in [9.17, 15) is 0 Å². The lowest BCUT2D eigenvalue weighted by Gasteiger charge is -2.12. The van der Waals surface area contributed by atoms with Crippen molar-refractivity contribution in [1.82, 2.24) is 24.1 Å². The van der Waals surface area contributed by atoms with Crippen molar-refractivity contribution in [2.75, 3.05) is 0 Å². The molecule has 5 nitrogen and oxygen atoms in total. The third-order valence-electron chi connectivity index (χ3n) is 12.4. The van der Waals surface area contributed by atoms with E-state index >= 15 is 0 Å². The van der Waals surface area contributed by atoms with Gasteiger partial charge in [-0.2, -0.15) is 0 Å². The summed E-state index contributed by atoms with van der Waals surface area (Å²) in [6.45, 7) is 0. The molecule has 0 radical (unpaired) electrons. The van der Waals surface area contributed by atoms with Crippen LogP contribution in [0.2, 0.25) is 0 Å². The van der Waals surface area contributed by atoms with Crippen LogP contribution in [-0.4, -0.2) is 24.1 Å². The van der Waals surface area contributed by atoms with E-state index in [-0.39, 0.29) is 0 Å². The molecule has 9 aromatic carbocycles. The minimum atomic E-state index is 0.632. The first-order chi connectivity index (χ1) is 31.2. The van der Waals surface area contributed by atoms with Crippen molar-refractivity contribution in [2.24, 2.45) is 0 Å². The normalized spacial score (nSPS) is 11.8. The van der Waals surface area contributed by atoms with Crippen LogP contribution in [0.3, 0.4) is 0 Å². The zero-order chi connectivity index (χ0) is 41.4. The van der Waals surface area contributed by atoms with E-state index in [1.54, 1.807) is 0 Å². The molecule has 294 valence electrons. The van der Waals surface area contributed by atoms with E-state index in [1.165, 1.54) is 75.1 Å². The third kappa shape index (κ3) is 5.66. The number of fused-ring (bicyclic) bond motifs is 10. The highest BCUT2D eigenvalue weighted by molar-refractivity contribution is 7.26. The molecular formula is C57H35N5S. The van der Waals surface area contributed by atoms with E-state index in [2.05, 4.69) is 185 Å². The van der Waals surface area contributed by atoms with Crippen molar-refractivity contribution >= 4 is 75.1 Å². The predicted molar refractivity (Wildman–Crippen MR) is 263 cm³/mol. The van der Waals surface area contributed by atoms with Crippen molar-refractivity contribution in [3.63, 3.8) is 0 Å². The van der Waals surface area contributed by atoms with Crippen LogP contribution in [0.15, 0.2) is 212 Å². The highest BCUT2D eigenvalue weighted by atomic mass is 32.1. The standard InChI is InChI=1S/C57H35N5S/c1-5-16-36(17-6-1)39-28-30-43-42-24-13-14-25-47(42)62(50(43)34-39)48-26-15-27-51-52(48)46-33-32-45-44-31-29-40(35-49(44)61(53(45)54(46)63-51)41-22-11-4-12-23-41)57-59-55(37-18-7-2-8-19-37)58-56(60-57)38-20-9-3-10-21-38/h1-35H. The van der Waals surface area contributed by atoms with Gasteiger partial charge in [0.15, 0.2) is 17.5 Å². The van der Waals surface area contributed by atoms with Gasteiger partial charge in [-0.25, -0.2) is 15.0 Å². The maximum Gasteiger partial charge on any atom is 0.164 e. The number of aromatic nitrogens is 5. The molecule has 0 aliphatic rings. The molecule has 13 aromatic rings. The van der Waals surface area contributed by atoms with Crippen molar-refractivity contribution in [3.8, 4) is 56.7 Å². The summed E-state index contributed by atoms with van der Waals surface area (Å²) in [5, 5.41) is 7.36. The Bertz CT molecular complexity index is 3830. The fourth-order valence-corrected chi connectivity index (χ4v) is 10.8. The van der Waals surface area contributed by atoms with Crippen LogP contribution in [0.5, 0.6) is 0 Å². The molecule has 4 heterocycles. The second-order valence-electron chi connectivity index (χ2n) is 16.0. The average molecular weight is 822 g/mol. The van der Waals surface area contributed by atoms with Crippen molar-refractivity contribution in [2.45, 2.75) is 0 Å². The summed E-state index contributed by atoms with van der Waals surface area (Å²) in [5.74, 6) is 1.92. The summed E-state index contributed by atoms with van der Waals surface area (Å²) in [5.41, 5.74) is 12.2. The minimum Gasteiger partial charge on any atom is -0.309 e. The fraction of sp³-hybridized carbons (Fsp3) is 0. The highest BCUT2D eigenvalue weighted by Crippen LogP contribution is 2.46. The first-order valence-electron chi connectivity index (χ1n) is 21.2. The maximum absolute atomic E-state index is 5.11. The molecule has 0 spiro atoms. The van der Waals surface area contributed by atoms with Crippen LogP contribution in [0, 0.1) is 0 Å². The molecule has 0 aliphatic carbocycles. The molecule has 63 heavy (non-hydrogen) atoms. The number of nitrogens with zero attached hydrogens (tertiary/aromatic N) is 5. The van der Waals surface area contributed by atoms with Gasteiger partial charge in [-0.1, -0.05) is 170 Å². The van der Waals surface area contributed by atoms with Gasteiger partial charge in [-0.15, -0.1) is 11.3 Å². The fourth-order valence-electron chi connectivity index (χ4n) is 9.51. The second-order valence-corrected chi connectivity index (χ2v) is 17.0. The third-order valence-corrected chi connectivity index (χ3v) is 13.5. The number of thiophene rings is 1. The monoisotopic (exact) mass is 821 g/mol. The van der Waals surface area contributed by atoms with E-state index in [1.807, 2.05) is 47.7 Å². The van der Waals surface area contributed by atoms with Gasteiger partial charge >= 0.3 is 0 Å². The van der Waals surface area contributed by atoms with Gasteiger partial charge < -0.3 is 9.13 Å². The van der Waals surface area contributed by atoms with Gasteiger partial charge in [-0.05, 0) is 53.6 Å². The zero-order valence-electron chi connectivity index (χ0n) is 33.9. The molecule has 0 N–H and O–H groups in total. The largest absolute Gasteiger partial charge is 0.309 e. The lowest BCUT2D eigenvalue weighted by atomic mass is 10.0. The van der Waals surface area contributed by atoms with Crippen LogP contribution >= 0.6 is 11.3 Å². The van der Waals surface area contributed by atoms with E-state index < -0.39 is 0 Å². The summed E-state index contributed by atoms with van der Waals surface area (Å²) in [4.78, 5) is 15.2. The van der Waals surface area contributed by atoms with Crippen LogP contribution in [0.4, 0.5) is 0 Å². The molecule has 0 bridgehead atoms. The number of benzene rings is 9. The SMILES string of the molecule is c1ccc(-c2ccc3c4ccccc4n(-c4cccc5sc6c(ccc7c8ccc(-c9nc(-c%10ccccc%10)nc(-c%10ccccc%10)n9)cc8n(-c8ccccc8)c76)c45)c3c2)cc1. The molecule has 4 aromatic heterocycles. The molecule has 13 rings (SSSR count). The molecule has 6 heteroatoms. The minimum absolute atomic E-state index is 0.632. The van der Waals surface area contributed by atoms with E-state index in [0.29, 0.717) is 17.5 Å². The van der Waals surface area contributed by atoms with Gasteiger partial charge in [0.1, 0.15) is 0 Å². The topological polar surface area (TPSA) is 48.5 Å². The lowest BCUT2D eigenvalue weighted by molar-refractivity contribution is 1.07. The average Bonchev–Trinajstić information content (AvgIpc) is 4.02. The number of rotatable bonds is 6. The van der Waals surface area contributed by atoms with Crippen molar-refractivity contribution in [3.05, 3.63) is 212 Å². The second kappa shape index (κ2) is 14.2. The van der Waals surface area contributed by atoms with Crippen molar-refractivity contribution < 1.29 is 0 Å². The van der Waals surface area contributed by atoms with Crippen LogP contribution in [0.1, 0.15) is 0 Å². The Balaban J connectivity index is 1.07. The van der Waals surface area contributed by atoms with Gasteiger partial charge in [0.25, 0.3) is 0 Å². The molecule has 0 saturated carbocycles. The molecule has 0 atom stereocenters. The van der Waals surface area contributed by atoms with Crippen LogP contribution < -0.4 is 0 Å². The smallest absolute Gasteiger partial charge is 0.164 e.